The molecule has 0 radical (unpaired) electrons. The van der Waals surface area contributed by atoms with Crippen LogP contribution in [-0.2, 0) is 23.2 Å². The number of hydrogen-bond acceptors (Lipinski definition) is 6. The Hall–Kier alpha value is -1.41. The monoisotopic (exact) mass is 309 g/mol. The summed E-state index contributed by atoms with van der Waals surface area (Å²) < 4.78 is 1.78. The molecule has 2 heterocycles. The molecule has 8 heteroatoms. The van der Waals surface area contributed by atoms with Crippen molar-refractivity contribution in [2.75, 3.05) is 0 Å². The highest BCUT2D eigenvalue weighted by molar-refractivity contribution is 8.00. The summed E-state index contributed by atoms with van der Waals surface area (Å²) in [5.74, 6) is 0.543. The van der Waals surface area contributed by atoms with Gasteiger partial charge in [-0.25, -0.2) is 0 Å². The quantitative estimate of drug-likeness (QED) is 0.811. The van der Waals surface area contributed by atoms with E-state index < -0.39 is 0 Å². The highest BCUT2D eigenvalue weighted by Crippen LogP contribution is 2.34. The van der Waals surface area contributed by atoms with Gasteiger partial charge in [0.15, 0.2) is 5.16 Å². The van der Waals surface area contributed by atoms with Crippen molar-refractivity contribution in [2.24, 2.45) is 12.8 Å². The van der Waals surface area contributed by atoms with E-state index in [0.717, 1.165) is 25.7 Å². The van der Waals surface area contributed by atoms with Crippen LogP contribution in [-0.4, -0.2) is 42.8 Å². The van der Waals surface area contributed by atoms with Crippen LogP contribution in [0.5, 0.6) is 0 Å². The minimum atomic E-state index is -0.383. The molecule has 1 aliphatic heterocycles. The number of nitrogens with zero attached hydrogens (tertiary/aromatic N) is 4. The third kappa shape index (κ3) is 2.57. The summed E-state index contributed by atoms with van der Waals surface area (Å²) in [5, 5.41) is 8.27. The Labute approximate surface area is 127 Å². The topological polar surface area (TPSA) is 94.1 Å². The van der Waals surface area contributed by atoms with Crippen molar-refractivity contribution in [3.8, 4) is 0 Å². The second-order valence-corrected chi connectivity index (χ2v) is 6.68. The zero-order valence-corrected chi connectivity index (χ0v) is 12.8. The predicted octanol–water partition coefficient (Wildman–Crippen LogP) is 0.436. The molecule has 1 atom stereocenters. The van der Waals surface area contributed by atoms with Gasteiger partial charge in [0.25, 0.3) is 0 Å². The lowest BCUT2D eigenvalue weighted by Gasteiger charge is -2.21. The molecule has 1 aromatic heterocycles. The minimum Gasteiger partial charge on any atom is -0.324 e. The average Bonchev–Trinajstić information content (AvgIpc) is 3.14. The van der Waals surface area contributed by atoms with Crippen molar-refractivity contribution in [2.45, 2.75) is 55.1 Å². The standard InChI is InChI=1S/C13H19N5O2S/c1-17-10(7-14)15-16-13(17)21-9-6-11(19)18(12(9)20)8-4-2-3-5-8/h8-9H,2-7,14H2,1H3. The molecule has 7 nitrogen and oxygen atoms in total. The fourth-order valence-electron chi connectivity index (χ4n) is 3.01. The molecule has 1 saturated carbocycles. The van der Waals surface area contributed by atoms with E-state index in [9.17, 15) is 9.59 Å². The molecule has 1 saturated heterocycles. The Morgan fingerprint density at radius 1 is 1.29 bits per heavy atom. The Bertz CT molecular complexity index is 567. The average molecular weight is 309 g/mol. The molecule has 114 valence electrons. The molecule has 0 spiro atoms. The molecule has 0 aromatic carbocycles. The molecular formula is C13H19N5O2S. The first kappa shape index (κ1) is 14.5. The fraction of sp³-hybridized carbons (Fsp3) is 0.692. The van der Waals surface area contributed by atoms with Gasteiger partial charge in [0, 0.05) is 19.5 Å². The molecule has 3 rings (SSSR count). The molecule has 1 aromatic rings. The van der Waals surface area contributed by atoms with Crippen LogP contribution in [0.2, 0.25) is 0 Å². The van der Waals surface area contributed by atoms with Crippen molar-refractivity contribution >= 4 is 23.6 Å². The maximum Gasteiger partial charge on any atom is 0.243 e. The van der Waals surface area contributed by atoms with Gasteiger partial charge in [0.1, 0.15) is 11.1 Å². The zero-order chi connectivity index (χ0) is 15.0. The van der Waals surface area contributed by atoms with E-state index in [4.69, 9.17) is 5.73 Å². The summed E-state index contributed by atoms with van der Waals surface area (Å²) in [6, 6.07) is 0.106. The first-order valence-electron chi connectivity index (χ1n) is 7.22. The van der Waals surface area contributed by atoms with E-state index in [1.807, 2.05) is 7.05 Å². The minimum absolute atomic E-state index is 0.0504. The second kappa shape index (κ2) is 5.76. The molecule has 21 heavy (non-hydrogen) atoms. The van der Waals surface area contributed by atoms with Crippen LogP contribution in [0.4, 0.5) is 0 Å². The first-order chi connectivity index (χ1) is 10.1. The number of amides is 2. The lowest BCUT2D eigenvalue weighted by molar-refractivity contribution is -0.140. The molecule has 2 fully saturated rings. The lowest BCUT2D eigenvalue weighted by Crippen LogP contribution is -2.39. The number of imide groups is 1. The van der Waals surface area contributed by atoms with Gasteiger partial charge in [-0.15, -0.1) is 10.2 Å². The Balaban J connectivity index is 1.73. The molecular weight excluding hydrogens is 290 g/mol. The van der Waals surface area contributed by atoms with E-state index in [2.05, 4.69) is 10.2 Å². The summed E-state index contributed by atoms with van der Waals surface area (Å²) in [5.41, 5.74) is 5.56. The summed E-state index contributed by atoms with van der Waals surface area (Å²) in [6.07, 6.45) is 4.34. The summed E-state index contributed by atoms with van der Waals surface area (Å²) in [7, 11) is 1.82. The van der Waals surface area contributed by atoms with Crippen LogP contribution >= 0.6 is 11.8 Å². The number of aromatic nitrogens is 3. The highest BCUT2D eigenvalue weighted by Gasteiger charge is 2.44. The SMILES string of the molecule is Cn1c(CN)nnc1SC1CC(=O)N(C2CCCC2)C1=O. The number of rotatable bonds is 4. The van der Waals surface area contributed by atoms with Gasteiger partial charge in [-0.3, -0.25) is 14.5 Å². The third-order valence-electron chi connectivity index (χ3n) is 4.19. The number of hydrogen-bond donors (Lipinski definition) is 1. The van der Waals surface area contributed by atoms with Crippen LogP contribution in [0.1, 0.15) is 37.9 Å². The van der Waals surface area contributed by atoms with Gasteiger partial charge in [-0.1, -0.05) is 24.6 Å². The Morgan fingerprint density at radius 3 is 2.62 bits per heavy atom. The normalized spacial score (nSPS) is 23.5. The van der Waals surface area contributed by atoms with Crippen molar-refractivity contribution in [1.82, 2.24) is 19.7 Å². The molecule has 1 aliphatic carbocycles. The maximum atomic E-state index is 12.5. The largest absolute Gasteiger partial charge is 0.324 e. The van der Waals surface area contributed by atoms with Crippen LogP contribution in [0.25, 0.3) is 0 Å². The van der Waals surface area contributed by atoms with Crippen LogP contribution in [0, 0.1) is 0 Å². The first-order valence-corrected chi connectivity index (χ1v) is 8.10. The van der Waals surface area contributed by atoms with Crippen molar-refractivity contribution in [3.63, 3.8) is 0 Å². The Morgan fingerprint density at radius 2 is 2.00 bits per heavy atom. The fourth-order valence-corrected chi connectivity index (χ4v) is 4.06. The van der Waals surface area contributed by atoms with E-state index in [-0.39, 0.29) is 29.5 Å². The number of carbonyl (C=O) groups excluding carboxylic acids is 2. The van der Waals surface area contributed by atoms with E-state index in [1.165, 1.54) is 16.7 Å². The van der Waals surface area contributed by atoms with E-state index >= 15 is 0 Å². The molecule has 2 N–H and O–H groups in total. The van der Waals surface area contributed by atoms with Crippen molar-refractivity contribution in [1.29, 1.82) is 0 Å². The molecule has 2 amide bonds. The molecule has 2 aliphatic rings. The van der Waals surface area contributed by atoms with Gasteiger partial charge >= 0.3 is 0 Å². The highest BCUT2D eigenvalue weighted by atomic mass is 32.2. The van der Waals surface area contributed by atoms with Crippen molar-refractivity contribution in [3.05, 3.63) is 5.82 Å². The van der Waals surface area contributed by atoms with Gasteiger partial charge in [-0.2, -0.15) is 0 Å². The van der Waals surface area contributed by atoms with Crippen molar-refractivity contribution < 1.29 is 9.59 Å². The third-order valence-corrected chi connectivity index (χ3v) is 5.41. The van der Waals surface area contributed by atoms with Gasteiger partial charge < -0.3 is 10.3 Å². The summed E-state index contributed by atoms with van der Waals surface area (Å²) >= 11 is 1.31. The smallest absolute Gasteiger partial charge is 0.243 e. The Kier molecular flexibility index (Phi) is 3.99. The lowest BCUT2D eigenvalue weighted by atomic mass is 10.2. The van der Waals surface area contributed by atoms with Gasteiger partial charge in [0.05, 0.1) is 6.54 Å². The number of likely N-dealkylation sites (tertiary alicyclic amines) is 1. The zero-order valence-electron chi connectivity index (χ0n) is 12.0. The maximum absolute atomic E-state index is 12.5. The molecule has 0 bridgehead atoms. The second-order valence-electron chi connectivity index (χ2n) is 5.51. The number of nitrogens with two attached hydrogens (primary N) is 1. The van der Waals surface area contributed by atoms with Crippen LogP contribution in [0.3, 0.4) is 0 Å². The van der Waals surface area contributed by atoms with E-state index in [1.54, 1.807) is 4.57 Å². The van der Waals surface area contributed by atoms with Crippen LogP contribution in [0.15, 0.2) is 5.16 Å². The van der Waals surface area contributed by atoms with Gasteiger partial charge in [0.2, 0.25) is 11.8 Å². The van der Waals surface area contributed by atoms with E-state index in [0.29, 0.717) is 17.5 Å². The molecule has 1 unspecified atom stereocenters. The predicted molar refractivity (Wildman–Crippen MR) is 77.3 cm³/mol. The van der Waals surface area contributed by atoms with Crippen LogP contribution < -0.4 is 5.73 Å². The number of thioether (sulfide) groups is 1. The van der Waals surface area contributed by atoms with Gasteiger partial charge in [-0.05, 0) is 12.8 Å². The summed E-state index contributed by atoms with van der Waals surface area (Å²) in [4.78, 5) is 26.1. The summed E-state index contributed by atoms with van der Waals surface area (Å²) in [6.45, 7) is 0.301. The number of carbonyl (C=O) groups is 2.